The van der Waals surface area contributed by atoms with Crippen LogP contribution in [0.3, 0.4) is 0 Å². The average molecular weight is 268 g/mol. The van der Waals surface area contributed by atoms with Crippen molar-refractivity contribution in [3.8, 4) is 0 Å². The fourth-order valence-corrected chi connectivity index (χ4v) is 2.58. The second-order valence-electron chi connectivity index (χ2n) is 5.16. The van der Waals surface area contributed by atoms with Gasteiger partial charge < -0.3 is 5.11 Å². The highest BCUT2D eigenvalue weighted by Gasteiger charge is 2.39. The molecular formula is C13H17FN2O3. The molecule has 1 aliphatic rings. The van der Waals surface area contributed by atoms with E-state index >= 15 is 0 Å². The Morgan fingerprint density at radius 3 is 2.74 bits per heavy atom. The standard InChI is InChI=1S/C13H17FN2O3/c1-2-5-13(17)8-15(9-13)7-10-3-4-12(16(18)19)11(14)6-10/h3-4,6,17H,2,5,7-9H2,1H3. The van der Waals surface area contributed by atoms with Crippen LogP contribution in [0.25, 0.3) is 0 Å². The number of nitro groups is 1. The Bertz CT molecular complexity index is 487. The molecule has 1 aromatic carbocycles. The molecule has 0 amide bonds. The smallest absolute Gasteiger partial charge is 0.304 e. The van der Waals surface area contributed by atoms with Crippen LogP contribution in [-0.4, -0.2) is 33.6 Å². The normalized spacial score (nSPS) is 18.1. The van der Waals surface area contributed by atoms with Crippen molar-refractivity contribution < 1.29 is 14.4 Å². The van der Waals surface area contributed by atoms with Gasteiger partial charge in [-0.25, -0.2) is 0 Å². The van der Waals surface area contributed by atoms with E-state index in [0.717, 1.165) is 12.8 Å². The molecule has 2 rings (SSSR count). The fraction of sp³-hybridized carbons (Fsp3) is 0.538. The monoisotopic (exact) mass is 268 g/mol. The number of hydrogen-bond acceptors (Lipinski definition) is 4. The summed E-state index contributed by atoms with van der Waals surface area (Å²) < 4.78 is 13.4. The second kappa shape index (κ2) is 5.22. The Balaban J connectivity index is 1.95. The Morgan fingerprint density at radius 2 is 2.21 bits per heavy atom. The quantitative estimate of drug-likeness (QED) is 0.656. The van der Waals surface area contributed by atoms with Crippen LogP contribution in [0.4, 0.5) is 10.1 Å². The molecule has 1 N–H and O–H groups in total. The molecule has 0 saturated carbocycles. The Labute approximate surface area is 110 Å². The Hall–Kier alpha value is -1.53. The molecule has 0 aliphatic carbocycles. The molecule has 1 aromatic rings. The SMILES string of the molecule is CCCC1(O)CN(Cc2ccc([N+](=O)[O-])c(F)c2)C1. The lowest BCUT2D eigenvalue weighted by molar-refractivity contribution is -0.387. The number of nitrogens with zero attached hydrogens (tertiary/aromatic N) is 2. The summed E-state index contributed by atoms with van der Waals surface area (Å²) in [5.74, 6) is -0.813. The third-order valence-electron chi connectivity index (χ3n) is 3.37. The van der Waals surface area contributed by atoms with Crippen LogP contribution >= 0.6 is 0 Å². The Kier molecular flexibility index (Phi) is 3.82. The van der Waals surface area contributed by atoms with Crippen molar-refractivity contribution in [3.63, 3.8) is 0 Å². The lowest BCUT2D eigenvalue weighted by Gasteiger charge is -2.46. The van der Waals surface area contributed by atoms with Gasteiger partial charge in [-0.2, -0.15) is 4.39 Å². The van der Waals surface area contributed by atoms with Crippen LogP contribution in [0.2, 0.25) is 0 Å². The average Bonchev–Trinajstić information content (AvgIpc) is 2.26. The van der Waals surface area contributed by atoms with Crippen LogP contribution in [0, 0.1) is 15.9 Å². The van der Waals surface area contributed by atoms with Gasteiger partial charge in [0.1, 0.15) is 0 Å². The second-order valence-corrected chi connectivity index (χ2v) is 5.16. The minimum absolute atomic E-state index is 0.501. The van der Waals surface area contributed by atoms with Gasteiger partial charge in [-0.1, -0.05) is 19.4 Å². The number of β-amino-alcohol motifs (C(OH)–C–C–N with tert-alkyl or cyclic N) is 1. The molecule has 6 heteroatoms. The maximum absolute atomic E-state index is 13.4. The van der Waals surface area contributed by atoms with Crippen LogP contribution in [0.5, 0.6) is 0 Å². The largest absolute Gasteiger partial charge is 0.387 e. The third kappa shape index (κ3) is 3.08. The van der Waals surface area contributed by atoms with Crippen molar-refractivity contribution in [1.82, 2.24) is 4.90 Å². The summed E-state index contributed by atoms with van der Waals surface area (Å²) in [5, 5.41) is 20.5. The van der Waals surface area contributed by atoms with E-state index in [1.165, 1.54) is 12.1 Å². The summed E-state index contributed by atoms with van der Waals surface area (Å²) in [6, 6.07) is 3.93. The van der Waals surface area contributed by atoms with Gasteiger partial charge >= 0.3 is 5.69 Å². The molecular weight excluding hydrogens is 251 g/mol. The first-order valence-corrected chi connectivity index (χ1v) is 6.31. The summed E-state index contributed by atoms with van der Waals surface area (Å²) in [6.45, 7) is 3.66. The predicted molar refractivity (Wildman–Crippen MR) is 68.2 cm³/mol. The molecule has 19 heavy (non-hydrogen) atoms. The van der Waals surface area contributed by atoms with Crippen LogP contribution in [0.15, 0.2) is 18.2 Å². The zero-order valence-electron chi connectivity index (χ0n) is 10.8. The highest BCUT2D eigenvalue weighted by Crippen LogP contribution is 2.28. The molecule has 0 atom stereocenters. The summed E-state index contributed by atoms with van der Waals surface area (Å²) in [5.41, 5.74) is -0.440. The first-order valence-electron chi connectivity index (χ1n) is 6.31. The molecule has 1 saturated heterocycles. The highest BCUT2D eigenvalue weighted by atomic mass is 19.1. The molecule has 0 radical (unpaired) electrons. The number of halogens is 1. The van der Waals surface area contributed by atoms with Crippen LogP contribution < -0.4 is 0 Å². The molecule has 1 aliphatic heterocycles. The molecule has 0 spiro atoms. The van der Waals surface area contributed by atoms with Gasteiger partial charge in [-0.15, -0.1) is 0 Å². The van der Waals surface area contributed by atoms with Crippen LogP contribution in [-0.2, 0) is 6.54 Å². The minimum atomic E-state index is -0.813. The third-order valence-corrected chi connectivity index (χ3v) is 3.37. The van der Waals surface area contributed by atoms with Crippen molar-refractivity contribution in [2.75, 3.05) is 13.1 Å². The van der Waals surface area contributed by atoms with Gasteiger partial charge in [-0.3, -0.25) is 15.0 Å². The van der Waals surface area contributed by atoms with E-state index in [9.17, 15) is 19.6 Å². The summed E-state index contributed by atoms with van der Waals surface area (Å²) in [6.07, 6.45) is 1.69. The van der Waals surface area contributed by atoms with Crippen molar-refractivity contribution in [2.45, 2.75) is 31.9 Å². The molecule has 0 bridgehead atoms. The first kappa shape index (κ1) is 13.9. The lowest BCUT2D eigenvalue weighted by Crippen LogP contribution is -2.60. The molecule has 104 valence electrons. The topological polar surface area (TPSA) is 66.6 Å². The summed E-state index contributed by atoms with van der Waals surface area (Å²) >= 11 is 0. The minimum Gasteiger partial charge on any atom is -0.387 e. The molecule has 0 unspecified atom stereocenters. The molecule has 5 nitrogen and oxygen atoms in total. The van der Waals surface area contributed by atoms with Gasteiger partial charge in [0.15, 0.2) is 0 Å². The first-order chi connectivity index (χ1) is 8.93. The van der Waals surface area contributed by atoms with E-state index in [2.05, 4.69) is 0 Å². The Morgan fingerprint density at radius 1 is 1.53 bits per heavy atom. The lowest BCUT2D eigenvalue weighted by atomic mass is 9.89. The molecule has 0 aromatic heterocycles. The zero-order valence-corrected chi connectivity index (χ0v) is 10.8. The number of aliphatic hydroxyl groups is 1. The van der Waals surface area contributed by atoms with Crippen molar-refractivity contribution in [1.29, 1.82) is 0 Å². The predicted octanol–water partition coefficient (Wildman–Crippen LogP) is 2.08. The number of nitro benzene ring substituents is 1. The molecule has 1 fully saturated rings. The van der Waals surface area contributed by atoms with Crippen LogP contribution in [0.1, 0.15) is 25.3 Å². The van der Waals surface area contributed by atoms with Crippen molar-refractivity contribution in [3.05, 3.63) is 39.7 Å². The van der Waals surface area contributed by atoms with E-state index in [-0.39, 0.29) is 0 Å². The number of benzene rings is 1. The van der Waals surface area contributed by atoms with Gasteiger partial charge in [-0.05, 0) is 18.1 Å². The summed E-state index contributed by atoms with van der Waals surface area (Å²) in [4.78, 5) is 11.8. The van der Waals surface area contributed by atoms with E-state index in [1.807, 2.05) is 11.8 Å². The number of rotatable bonds is 5. The van der Waals surface area contributed by atoms with Crippen molar-refractivity contribution >= 4 is 5.69 Å². The van der Waals surface area contributed by atoms with Crippen molar-refractivity contribution in [2.24, 2.45) is 0 Å². The van der Waals surface area contributed by atoms with Gasteiger partial charge in [0, 0.05) is 25.7 Å². The van der Waals surface area contributed by atoms with E-state index < -0.39 is 22.0 Å². The highest BCUT2D eigenvalue weighted by molar-refractivity contribution is 5.35. The fourth-order valence-electron chi connectivity index (χ4n) is 2.58. The summed E-state index contributed by atoms with van der Waals surface area (Å²) in [7, 11) is 0. The van der Waals surface area contributed by atoms with Gasteiger partial charge in [0.2, 0.25) is 5.82 Å². The van der Waals surface area contributed by atoms with E-state index in [0.29, 0.717) is 25.2 Å². The van der Waals surface area contributed by atoms with Gasteiger partial charge in [0.05, 0.1) is 10.5 Å². The van der Waals surface area contributed by atoms with E-state index in [1.54, 1.807) is 6.07 Å². The molecule has 1 heterocycles. The zero-order chi connectivity index (χ0) is 14.0. The number of likely N-dealkylation sites (tertiary alicyclic amines) is 1. The van der Waals surface area contributed by atoms with Gasteiger partial charge in [0.25, 0.3) is 0 Å². The maximum atomic E-state index is 13.4. The number of hydrogen-bond donors (Lipinski definition) is 1. The maximum Gasteiger partial charge on any atom is 0.304 e. The van der Waals surface area contributed by atoms with E-state index in [4.69, 9.17) is 0 Å².